The number of rotatable bonds is 3. The Bertz CT molecular complexity index is 584. The summed E-state index contributed by atoms with van der Waals surface area (Å²) in [5.74, 6) is 4.37. The van der Waals surface area contributed by atoms with Crippen molar-refractivity contribution in [2.45, 2.75) is 0 Å². The van der Waals surface area contributed by atoms with E-state index in [-0.39, 0.29) is 16.4 Å². The maximum absolute atomic E-state index is 13.1. The summed E-state index contributed by atoms with van der Waals surface area (Å²) >= 11 is 5.68. The number of hydrazine groups is 1. The van der Waals surface area contributed by atoms with Gasteiger partial charge in [-0.25, -0.2) is 20.2 Å². The van der Waals surface area contributed by atoms with Crippen LogP contribution in [0.15, 0.2) is 30.6 Å². The molecule has 0 saturated heterocycles. The first-order valence-corrected chi connectivity index (χ1v) is 5.52. The number of nitrogens with one attached hydrogen (secondary N) is 2. The second kappa shape index (κ2) is 5.59. The molecule has 0 aliphatic carbocycles. The molecule has 0 bridgehead atoms. The first-order valence-electron chi connectivity index (χ1n) is 5.14. The Hall–Kier alpha value is -2.25. The molecular formula is C11H9ClFN5O. The third-order valence-electron chi connectivity index (χ3n) is 2.15. The number of nitrogens with two attached hydrogens (primary N) is 1. The molecule has 0 saturated carbocycles. The van der Waals surface area contributed by atoms with E-state index in [1.165, 1.54) is 18.5 Å². The van der Waals surface area contributed by atoms with Gasteiger partial charge in [0, 0.05) is 10.7 Å². The molecule has 6 nitrogen and oxygen atoms in total. The van der Waals surface area contributed by atoms with Gasteiger partial charge < -0.3 is 10.7 Å². The lowest BCUT2D eigenvalue weighted by Crippen LogP contribution is -2.15. The topological polar surface area (TPSA) is 92.9 Å². The van der Waals surface area contributed by atoms with Crippen LogP contribution in [0.4, 0.5) is 15.9 Å². The van der Waals surface area contributed by atoms with Crippen LogP contribution in [0.3, 0.4) is 0 Å². The molecule has 1 aromatic carbocycles. The number of nitrogens with zero attached hydrogens (tertiary/aromatic N) is 2. The number of carbonyl (C=O) groups excluding carboxylic acids is 1. The maximum Gasteiger partial charge on any atom is 0.275 e. The van der Waals surface area contributed by atoms with Crippen molar-refractivity contribution >= 4 is 29.0 Å². The minimum absolute atomic E-state index is 0.0689. The summed E-state index contributed by atoms with van der Waals surface area (Å²) in [7, 11) is 0. The van der Waals surface area contributed by atoms with E-state index in [1.807, 2.05) is 0 Å². The van der Waals surface area contributed by atoms with E-state index < -0.39 is 11.7 Å². The van der Waals surface area contributed by atoms with Crippen molar-refractivity contribution in [3.8, 4) is 0 Å². The average molecular weight is 282 g/mol. The standard InChI is InChI=1S/C11H9ClFN5O/c12-6-1-7(13)3-8(2-6)17-11(19)9-4-16-10(18-14)5-15-9/h1-5H,14H2,(H,16,18)(H,17,19). The molecular weight excluding hydrogens is 273 g/mol. The third kappa shape index (κ3) is 3.36. The summed E-state index contributed by atoms with van der Waals surface area (Å²) in [4.78, 5) is 19.5. The van der Waals surface area contributed by atoms with Gasteiger partial charge in [0.05, 0.1) is 12.4 Å². The highest BCUT2D eigenvalue weighted by atomic mass is 35.5. The minimum Gasteiger partial charge on any atom is -0.320 e. The quantitative estimate of drug-likeness (QED) is 0.589. The number of hydrogen-bond donors (Lipinski definition) is 3. The zero-order chi connectivity index (χ0) is 13.8. The molecule has 0 spiro atoms. The van der Waals surface area contributed by atoms with Crippen LogP contribution in [-0.2, 0) is 0 Å². The number of carbonyl (C=O) groups is 1. The number of anilines is 2. The van der Waals surface area contributed by atoms with Crippen molar-refractivity contribution in [1.82, 2.24) is 9.97 Å². The van der Waals surface area contributed by atoms with Gasteiger partial charge >= 0.3 is 0 Å². The van der Waals surface area contributed by atoms with Crippen LogP contribution in [0.2, 0.25) is 5.02 Å². The van der Waals surface area contributed by atoms with Crippen molar-refractivity contribution in [1.29, 1.82) is 0 Å². The van der Waals surface area contributed by atoms with E-state index in [9.17, 15) is 9.18 Å². The largest absolute Gasteiger partial charge is 0.320 e. The van der Waals surface area contributed by atoms with Crippen LogP contribution >= 0.6 is 11.6 Å². The number of benzene rings is 1. The fourth-order valence-electron chi connectivity index (χ4n) is 1.34. The maximum atomic E-state index is 13.1. The Balaban J connectivity index is 2.15. The lowest BCUT2D eigenvalue weighted by Gasteiger charge is -2.05. The van der Waals surface area contributed by atoms with Crippen LogP contribution in [0.1, 0.15) is 10.5 Å². The summed E-state index contributed by atoms with van der Waals surface area (Å²) in [5, 5.41) is 2.64. The summed E-state index contributed by atoms with van der Waals surface area (Å²) in [6.07, 6.45) is 2.54. The molecule has 8 heteroatoms. The van der Waals surface area contributed by atoms with Crippen molar-refractivity contribution in [2.75, 3.05) is 10.7 Å². The van der Waals surface area contributed by atoms with Crippen molar-refractivity contribution in [2.24, 2.45) is 5.84 Å². The fourth-order valence-corrected chi connectivity index (χ4v) is 1.56. The Labute approximate surface area is 112 Å². The smallest absolute Gasteiger partial charge is 0.275 e. The van der Waals surface area contributed by atoms with Crippen LogP contribution in [0.5, 0.6) is 0 Å². The van der Waals surface area contributed by atoms with Crippen LogP contribution in [0.25, 0.3) is 0 Å². The van der Waals surface area contributed by atoms with Crippen molar-refractivity contribution in [3.63, 3.8) is 0 Å². The van der Waals surface area contributed by atoms with E-state index in [2.05, 4.69) is 20.7 Å². The molecule has 1 aromatic heterocycles. The molecule has 19 heavy (non-hydrogen) atoms. The van der Waals surface area contributed by atoms with Crippen molar-refractivity contribution in [3.05, 3.63) is 47.1 Å². The zero-order valence-electron chi connectivity index (χ0n) is 9.52. The van der Waals surface area contributed by atoms with Gasteiger partial charge in [0.15, 0.2) is 5.82 Å². The Morgan fingerprint density at radius 1 is 1.26 bits per heavy atom. The second-order valence-corrected chi connectivity index (χ2v) is 3.98. The molecule has 2 aromatic rings. The molecule has 0 radical (unpaired) electrons. The summed E-state index contributed by atoms with van der Waals surface area (Å²) < 4.78 is 13.1. The van der Waals surface area contributed by atoms with Gasteiger partial charge in [-0.3, -0.25) is 4.79 Å². The Kier molecular flexibility index (Phi) is 3.88. The van der Waals surface area contributed by atoms with E-state index in [1.54, 1.807) is 0 Å². The van der Waals surface area contributed by atoms with Gasteiger partial charge in [-0.2, -0.15) is 0 Å². The van der Waals surface area contributed by atoms with E-state index >= 15 is 0 Å². The molecule has 1 amide bonds. The lowest BCUT2D eigenvalue weighted by atomic mass is 10.3. The van der Waals surface area contributed by atoms with Crippen molar-refractivity contribution < 1.29 is 9.18 Å². The molecule has 1 heterocycles. The predicted molar refractivity (Wildman–Crippen MR) is 69.2 cm³/mol. The Morgan fingerprint density at radius 2 is 2.05 bits per heavy atom. The number of hydrogen-bond acceptors (Lipinski definition) is 5. The highest BCUT2D eigenvalue weighted by Crippen LogP contribution is 2.18. The molecule has 0 unspecified atom stereocenters. The van der Waals surface area contributed by atoms with E-state index in [0.717, 1.165) is 12.1 Å². The third-order valence-corrected chi connectivity index (χ3v) is 2.37. The highest BCUT2D eigenvalue weighted by molar-refractivity contribution is 6.31. The summed E-state index contributed by atoms with van der Waals surface area (Å²) in [5.41, 5.74) is 2.59. The van der Waals surface area contributed by atoms with Gasteiger partial charge in [0.1, 0.15) is 11.5 Å². The van der Waals surface area contributed by atoms with Gasteiger partial charge in [-0.1, -0.05) is 11.6 Å². The lowest BCUT2D eigenvalue weighted by molar-refractivity contribution is 0.102. The normalized spacial score (nSPS) is 10.1. The van der Waals surface area contributed by atoms with Crippen LogP contribution < -0.4 is 16.6 Å². The summed E-state index contributed by atoms with van der Waals surface area (Å²) in [6, 6.07) is 3.71. The first-order chi connectivity index (χ1) is 9.08. The highest BCUT2D eigenvalue weighted by Gasteiger charge is 2.09. The molecule has 98 valence electrons. The fraction of sp³-hybridized carbons (Fsp3) is 0. The van der Waals surface area contributed by atoms with Gasteiger partial charge in [-0.15, -0.1) is 0 Å². The molecule has 0 fully saturated rings. The van der Waals surface area contributed by atoms with Gasteiger partial charge in [0.25, 0.3) is 5.91 Å². The van der Waals surface area contributed by atoms with Crippen LogP contribution in [0, 0.1) is 5.82 Å². The number of amides is 1. The number of halogens is 2. The molecule has 2 rings (SSSR count). The predicted octanol–water partition coefficient (Wildman–Crippen LogP) is 1.81. The first kappa shape index (κ1) is 13.2. The zero-order valence-corrected chi connectivity index (χ0v) is 10.3. The van der Waals surface area contributed by atoms with E-state index in [0.29, 0.717) is 5.82 Å². The molecule has 0 atom stereocenters. The average Bonchev–Trinajstić information content (AvgIpc) is 2.37. The molecule has 4 N–H and O–H groups in total. The van der Waals surface area contributed by atoms with Crippen LogP contribution in [-0.4, -0.2) is 15.9 Å². The number of nitrogen functional groups attached to an aromatic ring is 1. The monoisotopic (exact) mass is 281 g/mol. The minimum atomic E-state index is -0.545. The molecule has 0 aliphatic heterocycles. The van der Waals surface area contributed by atoms with E-state index in [4.69, 9.17) is 17.4 Å². The summed E-state index contributed by atoms with van der Waals surface area (Å²) in [6.45, 7) is 0. The van der Waals surface area contributed by atoms with Gasteiger partial charge in [0.2, 0.25) is 0 Å². The number of aromatic nitrogens is 2. The molecule has 0 aliphatic rings. The SMILES string of the molecule is NNc1cnc(C(=O)Nc2cc(F)cc(Cl)c2)cn1. The second-order valence-electron chi connectivity index (χ2n) is 3.54. The Morgan fingerprint density at radius 3 is 2.63 bits per heavy atom. The van der Waals surface area contributed by atoms with Gasteiger partial charge in [-0.05, 0) is 18.2 Å².